The lowest BCUT2D eigenvalue weighted by molar-refractivity contribution is -0.115. The number of aliphatic hydroxyl groups excluding tert-OH is 1. The number of hydrogen-bond donors (Lipinski definition) is 3. The van der Waals surface area contributed by atoms with Gasteiger partial charge in [-0.2, -0.15) is 0 Å². The number of carbonyl (C=O) groups excluding carboxylic acids is 1. The molecule has 1 fully saturated rings. The molecule has 1 saturated carbocycles. The number of benzene rings is 1. The average molecular weight is 310 g/mol. The van der Waals surface area contributed by atoms with Crippen LogP contribution in [0.2, 0.25) is 0 Å². The van der Waals surface area contributed by atoms with Crippen molar-refractivity contribution in [2.75, 3.05) is 11.9 Å². The minimum absolute atomic E-state index is 0.00417. The van der Waals surface area contributed by atoms with Crippen molar-refractivity contribution in [3.8, 4) is 0 Å². The van der Waals surface area contributed by atoms with Crippen molar-refractivity contribution in [3.63, 3.8) is 0 Å². The van der Waals surface area contributed by atoms with Crippen molar-refractivity contribution < 1.29 is 18.3 Å². The Morgan fingerprint density at radius 1 is 1.33 bits per heavy atom. The monoisotopic (exact) mass is 310 g/mol. The van der Waals surface area contributed by atoms with Crippen LogP contribution in [0.5, 0.6) is 0 Å². The van der Waals surface area contributed by atoms with Crippen LogP contribution in [0.4, 0.5) is 5.69 Å². The van der Waals surface area contributed by atoms with Crippen molar-refractivity contribution in [2.24, 2.45) is 5.92 Å². The van der Waals surface area contributed by atoms with Crippen LogP contribution in [-0.4, -0.2) is 32.1 Å². The van der Waals surface area contributed by atoms with E-state index in [-0.39, 0.29) is 35.8 Å². The Balaban J connectivity index is 1.82. The van der Waals surface area contributed by atoms with Gasteiger partial charge < -0.3 is 10.4 Å². The van der Waals surface area contributed by atoms with Gasteiger partial charge in [0.2, 0.25) is 15.9 Å². The number of aliphatic hydroxyl groups is 1. The predicted molar refractivity (Wildman–Crippen MR) is 77.3 cm³/mol. The zero-order chi connectivity index (χ0) is 15.0. The standard InChI is InChI=1S/C14H18N2O4S/c17-8-9-2-1-3-13(9)16-21(19,20)11-4-5-12-10(6-11)7-14(18)15-12/h4-6,9,13,16-17H,1-3,7-8H2,(H,15,18). The van der Waals surface area contributed by atoms with E-state index >= 15 is 0 Å². The SMILES string of the molecule is O=C1Cc2cc(S(=O)(=O)NC3CCCC3CO)ccc2N1. The van der Waals surface area contributed by atoms with Gasteiger partial charge in [0.15, 0.2) is 0 Å². The summed E-state index contributed by atoms with van der Waals surface area (Å²) in [6.45, 7) is -0.00417. The fraction of sp³-hybridized carbons (Fsp3) is 0.500. The summed E-state index contributed by atoms with van der Waals surface area (Å²) in [4.78, 5) is 11.5. The molecule has 2 unspecified atom stereocenters. The number of rotatable bonds is 4. The quantitative estimate of drug-likeness (QED) is 0.760. The maximum absolute atomic E-state index is 12.4. The van der Waals surface area contributed by atoms with E-state index in [1.807, 2.05) is 0 Å². The lowest BCUT2D eigenvalue weighted by atomic mass is 10.1. The maximum atomic E-state index is 12.4. The number of sulfonamides is 1. The minimum Gasteiger partial charge on any atom is -0.396 e. The first-order valence-corrected chi connectivity index (χ1v) is 8.54. The summed E-state index contributed by atoms with van der Waals surface area (Å²) in [5.41, 5.74) is 1.38. The molecular weight excluding hydrogens is 292 g/mol. The number of anilines is 1. The Hall–Kier alpha value is -1.44. The molecule has 114 valence electrons. The zero-order valence-electron chi connectivity index (χ0n) is 11.5. The normalized spacial score (nSPS) is 24.9. The molecule has 7 heteroatoms. The second-order valence-electron chi connectivity index (χ2n) is 5.65. The Bertz CT molecular complexity index is 672. The molecule has 6 nitrogen and oxygen atoms in total. The highest BCUT2D eigenvalue weighted by molar-refractivity contribution is 7.89. The van der Waals surface area contributed by atoms with E-state index in [0.717, 1.165) is 19.3 Å². The lowest BCUT2D eigenvalue weighted by Gasteiger charge is -2.19. The first-order valence-electron chi connectivity index (χ1n) is 7.05. The van der Waals surface area contributed by atoms with Crippen LogP contribution >= 0.6 is 0 Å². The van der Waals surface area contributed by atoms with Crippen molar-refractivity contribution in [3.05, 3.63) is 23.8 Å². The van der Waals surface area contributed by atoms with Gasteiger partial charge in [0.1, 0.15) is 0 Å². The summed E-state index contributed by atoms with van der Waals surface area (Å²) in [7, 11) is -3.63. The smallest absolute Gasteiger partial charge is 0.240 e. The van der Waals surface area contributed by atoms with Crippen molar-refractivity contribution >= 4 is 21.6 Å². The Labute approximate surface area is 123 Å². The largest absolute Gasteiger partial charge is 0.396 e. The average Bonchev–Trinajstić information content (AvgIpc) is 3.01. The van der Waals surface area contributed by atoms with Crippen molar-refractivity contribution in [1.82, 2.24) is 4.72 Å². The van der Waals surface area contributed by atoms with Gasteiger partial charge in [-0.1, -0.05) is 6.42 Å². The molecule has 1 aliphatic carbocycles. The molecule has 0 aromatic heterocycles. The molecule has 0 saturated heterocycles. The molecule has 0 bridgehead atoms. The topological polar surface area (TPSA) is 95.5 Å². The second kappa shape index (κ2) is 5.40. The minimum atomic E-state index is -3.63. The predicted octanol–water partition coefficient (Wildman–Crippen LogP) is 0.620. The Morgan fingerprint density at radius 3 is 2.90 bits per heavy atom. The third-order valence-electron chi connectivity index (χ3n) is 4.21. The van der Waals surface area contributed by atoms with E-state index in [0.29, 0.717) is 11.3 Å². The van der Waals surface area contributed by atoms with Gasteiger partial charge in [0, 0.05) is 18.3 Å². The summed E-state index contributed by atoms with van der Waals surface area (Å²) in [6, 6.07) is 4.44. The molecule has 1 aromatic carbocycles. The van der Waals surface area contributed by atoms with Crippen LogP contribution in [-0.2, 0) is 21.2 Å². The van der Waals surface area contributed by atoms with E-state index in [9.17, 15) is 18.3 Å². The molecule has 1 heterocycles. The lowest BCUT2D eigenvalue weighted by Crippen LogP contribution is -2.38. The molecule has 3 rings (SSSR count). The molecule has 2 atom stereocenters. The molecule has 0 radical (unpaired) electrons. The molecule has 3 N–H and O–H groups in total. The van der Waals surface area contributed by atoms with Gasteiger partial charge in [-0.05, 0) is 42.5 Å². The van der Waals surface area contributed by atoms with Gasteiger partial charge in [0.25, 0.3) is 0 Å². The number of fused-ring (bicyclic) bond motifs is 1. The van der Waals surface area contributed by atoms with Gasteiger partial charge >= 0.3 is 0 Å². The van der Waals surface area contributed by atoms with Crippen LogP contribution < -0.4 is 10.0 Å². The van der Waals surface area contributed by atoms with Crippen LogP contribution in [0.3, 0.4) is 0 Å². The van der Waals surface area contributed by atoms with E-state index < -0.39 is 10.0 Å². The van der Waals surface area contributed by atoms with E-state index in [4.69, 9.17) is 0 Å². The van der Waals surface area contributed by atoms with Gasteiger partial charge in [0.05, 0.1) is 11.3 Å². The highest BCUT2D eigenvalue weighted by Gasteiger charge is 2.31. The molecule has 1 amide bonds. The molecule has 1 aromatic rings. The van der Waals surface area contributed by atoms with E-state index in [1.54, 1.807) is 12.1 Å². The fourth-order valence-electron chi connectivity index (χ4n) is 3.05. The summed E-state index contributed by atoms with van der Waals surface area (Å²) in [5, 5.41) is 12.0. The first-order chi connectivity index (χ1) is 9.99. The molecule has 1 aliphatic heterocycles. The summed E-state index contributed by atoms with van der Waals surface area (Å²) >= 11 is 0. The van der Waals surface area contributed by atoms with E-state index in [1.165, 1.54) is 6.07 Å². The number of hydrogen-bond acceptors (Lipinski definition) is 4. The van der Waals surface area contributed by atoms with Crippen LogP contribution in [0.25, 0.3) is 0 Å². The van der Waals surface area contributed by atoms with Crippen molar-refractivity contribution in [2.45, 2.75) is 36.6 Å². The zero-order valence-corrected chi connectivity index (χ0v) is 12.3. The fourth-order valence-corrected chi connectivity index (χ4v) is 4.44. The van der Waals surface area contributed by atoms with Gasteiger partial charge in [-0.25, -0.2) is 13.1 Å². The summed E-state index contributed by atoms with van der Waals surface area (Å²) in [5.74, 6) is -0.138. The summed E-state index contributed by atoms with van der Waals surface area (Å²) < 4.78 is 27.5. The summed E-state index contributed by atoms with van der Waals surface area (Å²) in [6.07, 6.45) is 2.71. The van der Waals surface area contributed by atoms with E-state index in [2.05, 4.69) is 10.0 Å². The highest BCUT2D eigenvalue weighted by atomic mass is 32.2. The molecule has 2 aliphatic rings. The third kappa shape index (κ3) is 2.81. The van der Waals surface area contributed by atoms with Crippen molar-refractivity contribution in [1.29, 1.82) is 0 Å². The van der Waals surface area contributed by atoms with Crippen LogP contribution in [0.15, 0.2) is 23.1 Å². The Kier molecular flexibility index (Phi) is 3.73. The first kappa shape index (κ1) is 14.5. The Morgan fingerprint density at radius 2 is 2.14 bits per heavy atom. The van der Waals surface area contributed by atoms with Gasteiger partial charge in [-0.15, -0.1) is 0 Å². The van der Waals surface area contributed by atoms with Crippen LogP contribution in [0, 0.1) is 5.92 Å². The molecular formula is C14H18N2O4S. The third-order valence-corrected chi connectivity index (χ3v) is 5.70. The molecule has 21 heavy (non-hydrogen) atoms. The van der Waals surface area contributed by atoms with Crippen LogP contribution in [0.1, 0.15) is 24.8 Å². The number of amides is 1. The second-order valence-corrected chi connectivity index (χ2v) is 7.36. The molecule has 0 spiro atoms. The van der Waals surface area contributed by atoms with Gasteiger partial charge in [-0.3, -0.25) is 4.79 Å². The highest BCUT2D eigenvalue weighted by Crippen LogP contribution is 2.29. The number of nitrogens with one attached hydrogen (secondary N) is 2. The maximum Gasteiger partial charge on any atom is 0.240 e. The number of carbonyl (C=O) groups is 1.